The molecule has 0 spiro atoms. The van der Waals surface area contributed by atoms with Crippen LogP contribution in [0.4, 0.5) is 0 Å². The topological polar surface area (TPSA) is 21.3 Å². The number of likely N-dealkylation sites (N-methyl/N-ethyl adjacent to an activating group) is 1. The second kappa shape index (κ2) is 5.79. The molecule has 2 nitrogen and oxygen atoms in total. The molecule has 2 rings (SSSR count). The molecule has 1 aliphatic rings. The van der Waals surface area contributed by atoms with E-state index in [9.17, 15) is 0 Å². The first-order valence-corrected chi connectivity index (χ1v) is 7.06. The number of halogens is 2. The number of nitrogens with one attached hydrogen (secondary N) is 1. The Morgan fingerprint density at radius 1 is 1.39 bits per heavy atom. The molecule has 2 atom stereocenters. The van der Waals surface area contributed by atoms with Crippen molar-refractivity contribution in [2.75, 3.05) is 13.7 Å². The Kier molecular flexibility index (Phi) is 4.54. The molecule has 0 saturated carbocycles. The van der Waals surface area contributed by atoms with Crippen LogP contribution in [0.2, 0.25) is 10.0 Å². The van der Waals surface area contributed by atoms with Crippen LogP contribution < -0.4 is 5.32 Å². The minimum absolute atomic E-state index is 0.128. The van der Waals surface area contributed by atoms with Crippen molar-refractivity contribution in [3.63, 3.8) is 0 Å². The zero-order chi connectivity index (χ0) is 13.2. The smallest absolute Gasteiger partial charge is 0.0810 e. The summed E-state index contributed by atoms with van der Waals surface area (Å²) < 4.78 is 5.90. The highest BCUT2D eigenvalue weighted by Crippen LogP contribution is 2.33. The van der Waals surface area contributed by atoms with Crippen LogP contribution >= 0.6 is 23.2 Å². The molecule has 1 aromatic rings. The third kappa shape index (κ3) is 2.83. The maximum Gasteiger partial charge on any atom is 0.0810 e. The summed E-state index contributed by atoms with van der Waals surface area (Å²) in [6.45, 7) is 3.00. The molecule has 1 heterocycles. The van der Waals surface area contributed by atoms with Crippen LogP contribution in [0.25, 0.3) is 0 Å². The van der Waals surface area contributed by atoms with Crippen LogP contribution in [0, 0.1) is 0 Å². The molecule has 0 bridgehead atoms. The first kappa shape index (κ1) is 14.1. The van der Waals surface area contributed by atoms with E-state index in [1.54, 1.807) is 0 Å². The maximum absolute atomic E-state index is 6.23. The molecule has 0 radical (unpaired) electrons. The lowest BCUT2D eigenvalue weighted by Crippen LogP contribution is -2.48. The molecule has 18 heavy (non-hydrogen) atoms. The number of hydrogen-bond donors (Lipinski definition) is 1. The van der Waals surface area contributed by atoms with Gasteiger partial charge in [0, 0.05) is 22.7 Å². The van der Waals surface area contributed by atoms with E-state index in [4.69, 9.17) is 27.9 Å². The third-order valence-electron chi connectivity index (χ3n) is 3.80. The van der Waals surface area contributed by atoms with Crippen LogP contribution in [0.3, 0.4) is 0 Å². The van der Waals surface area contributed by atoms with Crippen molar-refractivity contribution >= 4 is 23.2 Å². The average molecular weight is 288 g/mol. The Labute approximate surface area is 119 Å². The van der Waals surface area contributed by atoms with Gasteiger partial charge in [0.2, 0.25) is 0 Å². The van der Waals surface area contributed by atoms with E-state index in [2.05, 4.69) is 12.2 Å². The number of ether oxygens (including phenoxy) is 1. The second-order valence-electron chi connectivity index (χ2n) is 5.01. The SMILES string of the molecule is CNC(Cc1c(Cl)cccc1Cl)C1(C)CCCO1. The summed E-state index contributed by atoms with van der Waals surface area (Å²) in [5.74, 6) is 0. The molecule has 1 saturated heterocycles. The molecule has 1 aromatic carbocycles. The van der Waals surface area contributed by atoms with Crippen LogP contribution in [0.5, 0.6) is 0 Å². The first-order chi connectivity index (χ1) is 8.57. The molecule has 100 valence electrons. The lowest BCUT2D eigenvalue weighted by atomic mass is 9.88. The standard InChI is InChI=1S/C14H19Cl2NO/c1-14(7-4-8-18-14)13(17-2)9-10-11(15)5-3-6-12(10)16/h3,5-6,13,17H,4,7-9H2,1-2H3. The zero-order valence-corrected chi connectivity index (χ0v) is 12.3. The zero-order valence-electron chi connectivity index (χ0n) is 10.8. The largest absolute Gasteiger partial charge is 0.374 e. The fourth-order valence-electron chi connectivity index (χ4n) is 2.63. The Morgan fingerprint density at radius 3 is 2.56 bits per heavy atom. The van der Waals surface area contributed by atoms with Gasteiger partial charge in [-0.3, -0.25) is 0 Å². The van der Waals surface area contributed by atoms with Gasteiger partial charge in [-0.2, -0.15) is 0 Å². The van der Waals surface area contributed by atoms with E-state index in [1.165, 1.54) is 0 Å². The molecule has 0 aromatic heterocycles. The minimum atomic E-state index is -0.128. The first-order valence-electron chi connectivity index (χ1n) is 6.31. The summed E-state index contributed by atoms with van der Waals surface area (Å²) in [5.41, 5.74) is 0.869. The van der Waals surface area contributed by atoms with E-state index in [0.717, 1.165) is 41.5 Å². The molecular formula is C14H19Cl2NO. The van der Waals surface area contributed by atoms with Gasteiger partial charge >= 0.3 is 0 Å². The Morgan fingerprint density at radius 2 is 2.06 bits per heavy atom. The molecule has 1 N–H and O–H groups in total. The number of hydrogen-bond acceptors (Lipinski definition) is 2. The monoisotopic (exact) mass is 287 g/mol. The molecule has 2 unspecified atom stereocenters. The van der Waals surface area contributed by atoms with Gasteiger partial charge in [-0.25, -0.2) is 0 Å². The van der Waals surface area contributed by atoms with Gasteiger partial charge < -0.3 is 10.1 Å². The quantitative estimate of drug-likeness (QED) is 0.912. The van der Waals surface area contributed by atoms with Crippen molar-refractivity contribution in [1.82, 2.24) is 5.32 Å². The molecule has 4 heteroatoms. The fourth-order valence-corrected chi connectivity index (χ4v) is 3.18. The summed E-state index contributed by atoms with van der Waals surface area (Å²) >= 11 is 12.5. The van der Waals surface area contributed by atoms with Crippen LogP contribution in [-0.2, 0) is 11.2 Å². The number of benzene rings is 1. The van der Waals surface area contributed by atoms with Crippen molar-refractivity contribution in [2.24, 2.45) is 0 Å². The van der Waals surface area contributed by atoms with E-state index < -0.39 is 0 Å². The molecule has 1 fully saturated rings. The lowest BCUT2D eigenvalue weighted by molar-refractivity contribution is -0.00942. The molecule has 0 amide bonds. The van der Waals surface area contributed by atoms with Crippen molar-refractivity contribution < 1.29 is 4.74 Å². The summed E-state index contributed by atoms with van der Waals surface area (Å²) in [6, 6.07) is 5.86. The van der Waals surface area contributed by atoms with Crippen molar-refractivity contribution in [3.05, 3.63) is 33.8 Å². The molecule has 1 aliphatic heterocycles. The molecule has 0 aliphatic carbocycles. The van der Waals surface area contributed by atoms with Gasteiger partial charge in [-0.15, -0.1) is 0 Å². The molecular weight excluding hydrogens is 269 g/mol. The predicted octanol–water partition coefficient (Wildman–Crippen LogP) is 3.69. The summed E-state index contributed by atoms with van der Waals surface area (Å²) in [4.78, 5) is 0. The van der Waals surface area contributed by atoms with E-state index in [0.29, 0.717) is 0 Å². The fraction of sp³-hybridized carbons (Fsp3) is 0.571. The predicted molar refractivity (Wildman–Crippen MR) is 76.6 cm³/mol. The van der Waals surface area contributed by atoms with Gasteiger partial charge in [-0.05, 0) is 50.9 Å². The highest BCUT2D eigenvalue weighted by Gasteiger charge is 2.38. The van der Waals surface area contributed by atoms with Crippen molar-refractivity contribution in [1.29, 1.82) is 0 Å². The normalized spacial score (nSPS) is 25.3. The Hall–Kier alpha value is -0.280. The minimum Gasteiger partial charge on any atom is -0.374 e. The number of rotatable bonds is 4. The van der Waals surface area contributed by atoms with Crippen molar-refractivity contribution in [3.8, 4) is 0 Å². The van der Waals surface area contributed by atoms with Gasteiger partial charge in [0.1, 0.15) is 0 Å². The lowest BCUT2D eigenvalue weighted by Gasteiger charge is -2.33. The highest BCUT2D eigenvalue weighted by atomic mass is 35.5. The summed E-state index contributed by atoms with van der Waals surface area (Å²) in [5, 5.41) is 4.80. The second-order valence-corrected chi connectivity index (χ2v) is 5.82. The highest BCUT2D eigenvalue weighted by molar-refractivity contribution is 6.36. The van der Waals surface area contributed by atoms with Crippen LogP contribution in [-0.4, -0.2) is 25.3 Å². The average Bonchev–Trinajstić information content (AvgIpc) is 2.77. The van der Waals surface area contributed by atoms with Crippen LogP contribution in [0.15, 0.2) is 18.2 Å². The van der Waals surface area contributed by atoms with Gasteiger partial charge in [0.05, 0.1) is 5.60 Å². The van der Waals surface area contributed by atoms with Gasteiger partial charge in [0.15, 0.2) is 0 Å². The van der Waals surface area contributed by atoms with E-state index in [-0.39, 0.29) is 11.6 Å². The maximum atomic E-state index is 6.23. The summed E-state index contributed by atoms with van der Waals surface area (Å²) in [7, 11) is 1.96. The Bertz CT molecular complexity index is 396. The van der Waals surface area contributed by atoms with Gasteiger partial charge in [-0.1, -0.05) is 29.3 Å². The third-order valence-corrected chi connectivity index (χ3v) is 4.51. The summed E-state index contributed by atoms with van der Waals surface area (Å²) in [6.07, 6.45) is 2.97. The van der Waals surface area contributed by atoms with Gasteiger partial charge in [0.25, 0.3) is 0 Å². The van der Waals surface area contributed by atoms with E-state index in [1.807, 2.05) is 25.2 Å². The van der Waals surface area contributed by atoms with E-state index >= 15 is 0 Å². The van der Waals surface area contributed by atoms with Crippen molar-refractivity contribution in [2.45, 2.75) is 37.8 Å². The van der Waals surface area contributed by atoms with Crippen LogP contribution in [0.1, 0.15) is 25.3 Å². The Balaban J connectivity index is 2.20.